The van der Waals surface area contributed by atoms with Crippen LogP contribution in [0.15, 0.2) is 46.2 Å². The van der Waals surface area contributed by atoms with Crippen LogP contribution >= 0.6 is 23.4 Å². The van der Waals surface area contributed by atoms with Crippen LogP contribution in [-0.4, -0.2) is 4.98 Å². The molecule has 0 amide bonds. The molecule has 2 aromatic carbocycles. The average molecular weight is 413 g/mol. The van der Waals surface area contributed by atoms with E-state index in [0.29, 0.717) is 5.39 Å². The number of aromatic nitrogens is 1. The monoisotopic (exact) mass is 412 g/mol. The van der Waals surface area contributed by atoms with Crippen LogP contribution in [0.1, 0.15) is 16.7 Å². The van der Waals surface area contributed by atoms with Gasteiger partial charge >= 0.3 is 6.18 Å². The van der Waals surface area contributed by atoms with Gasteiger partial charge in [0.25, 0.3) is 5.56 Å². The largest absolute Gasteiger partial charge is 0.417 e. The highest BCUT2D eigenvalue weighted by molar-refractivity contribution is 7.98. The van der Waals surface area contributed by atoms with Crippen molar-refractivity contribution in [2.75, 3.05) is 0 Å². The molecule has 27 heavy (non-hydrogen) atoms. The second-order valence-corrected chi connectivity index (χ2v) is 6.89. The van der Waals surface area contributed by atoms with E-state index in [1.807, 2.05) is 0 Å². The fraction of sp³-hybridized carbons (Fsp3) is 0.111. The summed E-state index contributed by atoms with van der Waals surface area (Å²) in [6, 6.07) is 8.93. The van der Waals surface area contributed by atoms with Gasteiger partial charge in [-0.3, -0.25) is 4.79 Å². The van der Waals surface area contributed by atoms with Crippen molar-refractivity contribution in [2.45, 2.75) is 17.0 Å². The Balaban J connectivity index is 2.03. The van der Waals surface area contributed by atoms with Crippen molar-refractivity contribution in [3.05, 3.63) is 74.3 Å². The van der Waals surface area contributed by atoms with Crippen molar-refractivity contribution in [1.29, 1.82) is 5.26 Å². The van der Waals surface area contributed by atoms with Gasteiger partial charge in [-0.15, -0.1) is 11.8 Å². The van der Waals surface area contributed by atoms with Gasteiger partial charge in [-0.1, -0.05) is 23.7 Å². The van der Waals surface area contributed by atoms with E-state index in [9.17, 15) is 22.4 Å². The van der Waals surface area contributed by atoms with Gasteiger partial charge in [0.15, 0.2) is 0 Å². The molecule has 0 saturated heterocycles. The van der Waals surface area contributed by atoms with Gasteiger partial charge in [0.05, 0.1) is 15.6 Å². The molecule has 138 valence electrons. The van der Waals surface area contributed by atoms with E-state index < -0.39 is 28.1 Å². The molecule has 0 aliphatic rings. The summed E-state index contributed by atoms with van der Waals surface area (Å²) in [5.41, 5.74) is -1.56. The van der Waals surface area contributed by atoms with Crippen molar-refractivity contribution in [1.82, 2.24) is 4.98 Å². The summed E-state index contributed by atoms with van der Waals surface area (Å²) in [5, 5.41) is 9.50. The molecule has 0 bridgehead atoms. The summed E-state index contributed by atoms with van der Waals surface area (Å²) in [6.07, 6.45) is -4.59. The van der Waals surface area contributed by atoms with Gasteiger partial charge in [0, 0.05) is 16.5 Å². The first kappa shape index (κ1) is 19.3. The Morgan fingerprint density at radius 2 is 1.93 bits per heavy atom. The Morgan fingerprint density at radius 1 is 1.19 bits per heavy atom. The smallest absolute Gasteiger partial charge is 0.315 e. The Morgan fingerprint density at radius 3 is 2.59 bits per heavy atom. The number of pyridine rings is 1. The molecule has 0 fully saturated rings. The Kier molecular flexibility index (Phi) is 5.18. The number of H-pyrrole nitrogens is 1. The number of nitriles is 1. The lowest BCUT2D eigenvalue weighted by Crippen LogP contribution is -2.12. The molecule has 1 N–H and O–H groups in total. The third-order valence-corrected chi connectivity index (χ3v) is 5.33. The highest BCUT2D eigenvalue weighted by atomic mass is 35.5. The van der Waals surface area contributed by atoms with E-state index in [-0.39, 0.29) is 27.3 Å². The number of hydrogen-bond acceptors (Lipinski definition) is 3. The Bertz CT molecular complexity index is 1140. The second-order valence-electron chi connectivity index (χ2n) is 5.53. The number of alkyl halides is 3. The molecule has 3 rings (SSSR count). The molecule has 0 unspecified atom stereocenters. The number of aromatic amines is 1. The van der Waals surface area contributed by atoms with Crippen LogP contribution in [0.3, 0.4) is 0 Å². The first-order valence-electron chi connectivity index (χ1n) is 7.45. The maximum Gasteiger partial charge on any atom is 0.417 e. The molecule has 1 aromatic heterocycles. The van der Waals surface area contributed by atoms with Crippen LogP contribution < -0.4 is 5.56 Å². The van der Waals surface area contributed by atoms with Crippen LogP contribution in [0.5, 0.6) is 0 Å². The van der Waals surface area contributed by atoms with Crippen LogP contribution in [-0.2, 0) is 11.9 Å². The Labute approximate surface area is 159 Å². The number of rotatable bonds is 3. The van der Waals surface area contributed by atoms with Gasteiger partial charge in [0.2, 0.25) is 0 Å². The molecule has 0 aliphatic carbocycles. The van der Waals surface area contributed by atoms with Gasteiger partial charge in [0.1, 0.15) is 17.4 Å². The summed E-state index contributed by atoms with van der Waals surface area (Å²) in [4.78, 5) is 14.6. The van der Waals surface area contributed by atoms with E-state index in [0.717, 1.165) is 30.0 Å². The summed E-state index contributed by atoms with van der Waals surface area (Å²) in [7, 11) is 0. The molecule has 0 aliphatic heterocycles. The topological polar surface area (TPSA) is 56.6 Å². The predicted octanol–water partition coefficient (Wildman–Crippen LogP) is 5.50. The third kappa shape index (κ3) is 3.80. The number of thioether (sulfide) groups is 1. The summed E-state index contributed by atoms with van der Waals surface area (Å²) in [5.74, 6) is -0.562. The number of hydrogen-bond donors (Lipinski definition) is 1. The lowest BCUT2D eigenvalue weighted by Gasteiger charge is -2.13. The lowest BCUT2D eigenvalue weighted by molar-refractivity contribution is -0.137. The molecular formula is C18H9ClF4N2OS. The van der Waals surface area contributed by atoms with Crippen molar-refractivity contribution in [3.63, 3.8) is 0 Å². The van der Waals surface area contributed by atoms with E-state index in [1.165, 1.54) is 18.2 Å². The van der Waals surface area contributed by atoms with Gasteiger partial charge in [-0.2, -0.15) is 18.4 Å². The number of halogens is 5. The summed E-state index contributed by atoms with van der Waals surface area (Å²) >= 11 is 6.87. The highest BCUT2D eigenvalue weighted by Gasteiger charge is 2.33. The first-order chi connectivity index (χ1) is 12.7. The van der Waals surface area contributed by atoms with Gasteiger partial charge < -0.3 is 4.98 Å². The van der Waals surface area contributed by atoms with Crippen LogP contribution in [0, 0.1) is 17.1 Å². The predicted molar refractivity (Wildman–Crippen MR) is 95.3 cm³/mol. The SMILES string of the molecule is N#Cc1c(=O)[nH]c(SCc2cccc(C(F)(F)F)c2Cl)c2cc(F)ccc12. The minimum Gasteiger partial charge on any atom is -0.315 e. The fourth-order valence-electron chi connectivity index (χ4n) is 2.56. The molecule has 0 spiro atoms. The molecule has 3 aromatic rings. The number of benzene rings is 2. The normalized spacial score (nSPS) is 11.6. The Hall–Kier alpha value is -2.50. The lowest BCUT2D eigenvalue weighted by atomic mass is 10.1. The minimum absolute atomic E-state index is 0.0101. The van der Waals surface area contributed by atoms with E-state index in [2.05, 4.69) is 4.98 Å². The summed E-state index contributed by atoms with van der Waals surface area (Å²) in [6.45, 7) is 0. The quantitative estimate of drug-likeness (QED) is 0.456. The first-order valence-corrected chi connectivity index (χ1v) is 8.81. The number of nitrogens with zero attached hydrogens (tertiary/aromatic N) is 1. The molecule has 0 radical (unpaired) electrons. The highest BCUT2D eigenvalue weighted by Crippen LogP contribution is 2.38. The molecule has 0 saturated carbocycles. The minimum atomic E-state index is -4.59. The third-order valence-electron chi connectivity index (χ3n) is 3.82. The van der Waals surface area contributed by atoms with Gasteiger partial charge in [-0.05, 0) is 29.8 Å². The van der Waals surface area contributed by atoms with E-state index >= 15 is 0 Å². The number of nitrogens with one attached hydrogen (secondary N) is 1. The second kappa shape index (κ2) is 7.25. The van der Waals surface area contributed by atoms with Crippen LogP contribution in [0.4, 0.5) is 17.6 Å². The number of fused-ring (bicyclic) bond motifs is 1. The molecule has 0 atom stereocenters. The van der Waals surface area contributed by atoms with Crippen LogP contribution in [0.2, 0.25) is 5.02 Å². The maximum atomic E-state index is 13.6. The van der Waals surface area contributed by atoms with Crippen molar-refractivity contribution in [2.24, 2.45) is 0 Å². The molecule has 9 heteroatoms. The van der Waals surface area contributed by atoms with Crippen LogP contribution in [0.25, 0.3) is 10.8 Å². The molecule has 1 heterocycles. The summed E-state index contributed by atoms with van der Waals surface area (Å²) < 4.78 is 52.5. The van der Waals surface area contributed by atoms with E-state index in [4.69, 9.17) is 16.9 Å². The molecular weight excluding hydrogens is 404 g/mol. The van der Waals surface area contributed by atoms with Crippen molar-refractivity contribution >= 4 is 34.1 Å². The van der Waals surface area contributed by atoms with Gasteiger partial charge in [-0.25, -0.2) is 4.39 Å². The zero-order valence-electron chi connectivity index (χ0n) is 13.3. The zero-order valence-corrected chi connectivity index (χ0v) is 14.9. The molecule has 3 nitrogen and oxygen atoms in total. The standard InChI is InChI=1S/C18H9ClF4N2OS/c19-15-9(2-1-3-14(15)18(21,22)23)8-27-17-12-6-10(20)4-5-11(12)13(7-24)16(26)25-17/h1-6H,8H2,(H,25,26). The van der Waals surface area contributed by atoms with Crippen molar-refractivity contribution < 1.29 is 17.6 Å². The van der Waals surface area contributed by atoms with E-state index in [1.54, 1.807) is 6.07 Å². The fourth-order valence-corrected chi connectivity index (χ4v) is 3.97. The zero-order chi connectivity index (χ0) is 19.8. The maximum absolute atomic E-state index is 13.6. The van der Waals surface area contributed by atoms with Crippen molar-refractivity contribution in [3.8, 4) is 6.07 Å². The average Bonchev–Trinajstić information content (AvgIpc) is 2.60.